The minimum absolute atomic E-state index is 0.0519. The molecule has 1 aliphatic rings. The number of nitrogens with zero attached hydrogens (tertiary/aromatic N) is 2. The number of halogens is 1. The Morgan fingerprint density at radius 3 is 2.58 bits per heavy atom. The molecule has 1 aromatic heterocycles. The van der Waals surface area contributed by atoms with Crippen LogP contribution in [0.5, 0.6) is 0 Å². The highest BCUT2D eigenvalue weighted by atomic mass is 35.5. The number of carbonyl (C=O) groups excluding carboxylic acids is 2. The molecule has 5 nitrogen and oxygen atoms in total. The zero-order valence-corrected chi connectivity index (χ0v) is 15.8. The monoisotopic (exact) mass is 374 g/mol. The number of benzene rings is 1. The number of carbonyl (C=O) groups is 2. The summed E-state index contributed by atoms with van der Waals surface area (Å²) in [5.74, 6) is 0.285. The van der Waals surface area contributed by atoms with E-state index in [4.69, 9.17) is 16.0 Å². The second kappa shape index (κ2) is 7.96. The van der Waals surface area contributed by atoms with Crippen LogP contribution in [-0.4, -0.2) is 41.8 Å². The zero-order valence-electron chi connectivity index (χ0n) is 15.0. The Labute approximate surface area is 158 Å². The Kier molecular flexibility index (Phi) is 5.67. The molecule has 1 unspecified atom stereocenters. The smallest absolute Gasteiger partial charge is 0.289 e. The molecular weight excluding hydrogens is 352 g/mol. The Hall–Kier alpha value is -2.27. The molecule has 26 heavy (non-hydrogen) atoms. The van der Waals surface area contributed by atoms with Crippen LogP contribution in [-0.2, 0) is 4.79 Å². The number of amides is 2. The van der Waals surface area contributed by atoms with Crippen molar-refractivity contribution in [2.45, 2.75) is 25.8 Å². The first-order chi connectivity index (χ1) is 12.5. The van der Waals surface area contributed by atoms with Crippen LogP contribution < -0.4 is 0 Å². The molecular formula is C20H23ClN2O3. The molecule has 1 atom stereocenters. The van der Waals surface area contributed by atoms with Crippen molar-refractivity contribution >= 4 is 23.4 Å². The minimum Gasteiger partial charge on any atom is -0.459 e. The topological polar surface area (TPSA) is 53.8 Å². The van der Waals surface area contributed by atoms with Crippen LogP contribution >= 0.6 is 11.6 Å². The van der Waals surface area contributed by atoms with E-state index in [2.05, 4.69) is 0 Å². The first-order valence-electron chi connectivity index (χ1n) is 8.82. The summed E-state index contributed by atoms with van der Waals surface area (Å²) >= 11 is 6.06. The minimum atomic E-state index is -0.110. The van der Waals surface area contributed by atoms with Gasteiger partial charge < -0.3 is 14.2 Å². The number of rotatable bonds is 4. The zero-order chi connectivity index (χ0) is 18.7. The van der Waals surface area contributed by atoms with Crippen molar-refractivity contribution in [3.8, 4) is 0 Å². The fraction of sp³-hybridized carbons (Fsp3) is 0.400. The third kappa shape index (κ3) is 3.93. The Morgan fingerprint density at radius 2 is 1.96 bits per heavy atom. The lowest BCUT2D eigenvalue weighted by Gasteiger charge is -2.34. The van der Waals surface area contributed by atoms with E-state index in [9.17, 15) is 9.59 Å². The van der Waals surface area contributed by atoms with Crippen molar-refractivity contribution in [3.05, 3.63) is 59.0 Å². The summed E-state index contributed by atoms with van der Waals surface area (Å²) in [7, 11) is 1.83. The first-order valence-corrected chi connectivity index (χ1v) is 9.20. The maximum Gasteiger partial charge on any atom is 0.289 e. The van der Waals surface area contributed by atoms with Gasteiger partial charge in [-0.3, -0.25) is 9.59 Å². The summed E-state index contributed by atoms with van der Waals surface area (Å²) in [5, 5.41) is 0.667. The summed E-state index contributed by atoms with van der Waals surface area (Å²) < 4.78 is 5.17. The molecule has 3 rings (SSSR count). The van der Waals surface area contributed by atoms with Gasteiger partial charge in [-0.15, -0.1) is 0 Å². The van der Waals surface area contributed by atoms with Gasteiger partial charge in [-0.25, -0.2) is 0 Å². The van der Waals surface area contributed by atoms with Crippen LogP contribution in [0, 0.1) is 5.92 Å². The number of likely N-dealkylation sites (tertiary alicyclic amines) is 1. The maximum absolute atomic E-state index is 12.9. The van der Waals surface area contributed by atoms with Crippen molar-refractivity contribution < 1.29 is 14.0 Å². The summed E-state index contributed by atoms with van der Waals surface area (Å²) in [5.41, 5.74) is 1.01. The van der Waals surface area contributed by atoms with E-state index in [-0.39, 0.29) is 23.8 Å². The van der Waals surface area contributed by atoms with E-state index < -0.39 is 0 Å². The SMILES string of the molecule is CC(c1cccc(Cl)c1)N(C)C(=O)C1CCN(C(=O)c2ccco2)CC1. The van der Waals surface area contributed by atoms with Crippen molar-refractivity contribution in [2.24, 2.45) is 5.92 Å². The normalized spacial score (nSPS) is 16.3. The van der Waals surface area contributed by atoms with Gasteiger partial charge in [0.25, 0.3) is 5.91 Å². The summed E-state index contributed by atoms with van der Waals surface area (Å²) in [6.45, 7) is 3.13. The second-order valence-corrected chi connectivity index (χ2v) is 7.16. The summed E-state index contributed by atoms with van der Waals surface area (Å²) in [6, 6.07) is 10.9. The average molecular weight is 375 g/mol. The van der Waals surface area contributed by atoms with Gasteiger partial charge in [0, 0.05) is 31.1 Å². The van der Waals surface area contributed by atoms with E-state index >= 15 is 0 Å². The number of hydrogen-bond donors (Lipinski definition) is 0. The Bertz CT molecular complexity index is 767. The average Bonchev–Trinajstić information content (AvgIpc) is 3.20. The molecule has 2 amide bonds. The molecule has 1 aromatic carbocycles. The largest absolute Gasteiger partial charge is 0.459 e. The van der Waals surface area contributed by atoms with Gasteiger partial charge in [0.2, 0.25) is 5.91 Å². The third-order valence-corrected chi connectivity index (χ3v) is 5.36. The van der Waals surface area contributed by atoms with Gasteiger partial charge in [0.05, 0.1) is 12.3 Å². The lowest BCUT2D eigenvalue weighted by molar-refractivity contribution is -0.137. The molecule has 0 saturated carbocycles. The molecule has 1 aliphatic heterocycles. The molecule has 0 radical (unpaired) electrons. The van der Waals surface area contributed by atoms with Crippen molar-refractivity contribution in [2.75, 3.05) is 20.1 Å². The van der Waals surface area contributed by atoms with Gasteiger partial charge in [-0.1, -0.05) is 23.7 Å². The lowest BCUT2D eigenvalue weighted by atomic mass is 9.94. The molecule has 1 fully saturated rings. The van der Waals surface area contributed by atoms with Crippen molar-refractivity contribution in [1.82, 2.24) is 9.80 Å². The fourth-order valence-electron chi connectivity index (χ4n) is 3.35. The molecule has 0 N–H and O–H groups in total. The molecule has 1 saturated heterocycles. The van der Waals surface area contributed by atoms with Gasteiger partial charge in [-0.05, 0) is 49.6 Å². The number of furan rings is 1. The molecule has 0 bridgehead atoms. The molecule has 138 valence electrons. The van der Waals surface area contributed by atoms with E-state index in [0.29, 0.717) is 36.7 Å². The van der Waals surface area contributed by atoms with Gasteiger partial charge in [0.15, 0.2) is 5.76 Å². The van der Waals surface area contributed by atoms with Gasteiger partial charge in [-0.2, -0.15) is 0 Å². The van der Waals surface area contributed by atoms with Crippen LogP contribution in [0.3, 0.4) is 0 Å². The third-order valence-electron chi connectivity index (χ3n) is 5.12. The van der Waals surface area contributed by atoms with Crippen LogP contribution in [0.15, 0.2) is 47.1 Å². The van der Waals surface area contributed by atoms with Crippen molar-refractivity contribution in [1.29, 1.82) is 0 Å². The van der Waals surface area contributed by atoms with E-state index in [0.717, 1.165) is 5.56 Å². The van der Waals surface area contributed by atoms with Gasteiger partial charge >= 0.3 is 0 Å². The maximum atomic E-state index is 12.9. The summed E-state index contributed by atoms with van der Waals surface area (Å²) in [6.07, 6.45) is 2.82. The lowest BCUT2D eigenvalue weighted by Crippen LogP contribution is -2.44. The van der Waals surface area contributed by atoms with Crippen LogP contribution in [0.2, 0.25) is 5.02 Å². The Balaban J connectivity index is 1.58. The molecule has 2 aromatic rings. The number of hydrogen-bond acceptors (Lipinski definition) is 3. The van der Waals surface area contributed by atoms with Gasteiger partial charge in [0.1, 0.15) is 0 Å². The molecule has 2 heterocycles. The number of piperidine rings is 1. The highest BCUT2D eigenvalue weighted by Gasteiger charge is 2.31. The Morgan fingerprint density at radius 1 is 1.23 bits per heavy atom. The van der Waals surface area contributed by atoms with Crippen LogP contribution in [0.25, 0.3) is 0 Å². The quantitative estimate of drug-likeness (QED) is 0.812. The predicted octanol–water partition coefficient (Wildman–Crippen LogP) is 4.00. The predicted molar refractivity (Wildman–Crippen MR) is 100.0 cm³/mol. The first kappa shape index (κ1) is 18.5. The highest BCUT2D eigenvalue weighted by Crippen LogP contribution is 2.27. The standard InChI is InChI=1S/C20H23ClN2O3/c1-14(16-5-3-6-17(21)13-16)22(2)19(24)15-8-10-23(11-9-15)20(25)18-7-4-12-26-18/h3-7,12-15H,8-11H2,1-2H3. The molecule has 6 heteroatoms. The van der Waals surface area contributed by atoms with E-state index in [1.165, 1.54) is 6.26 Å². The highest BCUT2D eigenvalue weighted by molar-refractivity contribution is 6.30. The summed E-state index contributed by atoms with van der Waals surface area (Å²) in [4.78, 5) is 28.7. The molecule has 0 aliphatic carbocycles. The molecule has 0 spiro atoms. The van der Waals surface area contributed by atoms with Crippen molar-refractivity contribution in [3.63, 3.8) is 0 Å². The van der Waals surface area contributed by atoms with Crippen LogP contribution in [0.4, 0.5) is 0 Å². The fourth-order valence-corrected chi connectivity index (χ4v) is 3.55. The van der Waals surface area contributed by atoms with E-state index in [1.54, 1.807) is 21.9 Å². The second-order valence-electron chi connectivity index (χ2n) is 6.72. The van der Waals surface area contributed by atoms with E-state index in [1.807, 2.05) is 38.2 Å². The van der Waals surface area contributed by atoms with Crippen LogP contribution in [0.1, 0.15) is 41.9 Å².